The van der Waals surface area contributed by atoms with E-state index in [9.17, 15) is 4.79 Å². The molecule has 3 nitrogen and oxygen atoms in total. The third-order valence-electron chi connectivity index (χ3n) is 3.75. The van der Waals surface area contributed by atoms with Gasteiger partial charge in [-0.05, 0) is 39.2 Å². The van der Waals surface area contributed by atoms with Crippen molar-refractivity contribution in [3.63, 3.8) is 0 Å². The number of methoxy groups -OCH3 is 1. The molecular weight excluding hydrogens is 238 g/mol. The Kier molecular flexibility index (Phi) is 3.95. The molecule has 1 fully saturated rings. The van der Waals surface area contributed by atoms with Gasteiger partial charge in [0.15, 0.2) is 0 Å². The van der Waals surface area contributed by atoms with Crippen LogP contribution in [0, 0.1) is 13.8 Å². The summed E-state index contributed by atoms with van der Waals surface area (Å²) in [5.41, 5.74) is 3.31. The Bertz CT molecular complexity index is 457. The minimum Gasteiger partial charge on any atom is -0.383 e. The summed E-state index contributed by atoms with van der Waals surface area (Å²) in [6, 6.07) is 6.48. The summed E-state index contributed by atoms with van der Waals surface area (Å²) in [6.45, 7) is 6.68. The minimum absolute atomic E-state index is 0.0564. The first-order chi connectivity index (χ1) is 8.98. The second-order valence-corrected chi connectivity index (χ2v) is 5.79. The standard InChI is InChI=1S/C16H23NO2/c1-11-7-12(2)9-14(8-11)16(5-6-16)15(18)17-13(3)10-19-4/h7-9,13H,5-6,10H2,1-4H3,(H,17,18)/t13-/m1/s1. The number of ether oxygens (including phenoxy) is 1. The summed E-state index contributed by atoms with van der Waals surface area (Å²) in [4.78, 5) is 12.5. The second kappa shape index (κ2) is 5.33. The van der Waals surface area contributed by atoms with Crippen molar-refractivity contribution in [3.05, 3.63) is 34.9 Å². The van der Waals surface area contributed by atoms with Gasteiger partial charge in [-0.3, -0.25) is 4.79 Å². The molecule has 19 heavy (non-hydrogen) atoms. The molecule has 2 rings (SSSR count). The van der Waals surface area contributed by atoms with Crippen LogP contribution in [0.2, 0.25) is 0 Å². The van der Waals surface area contributed by atoms with Gasteiger partial charge < -0.3 is 10.1 Å². The Hall–Kier alpha value is -1.35. The summed E-state index contributed by atoms with van der Waals surface area (Å²) in [5.74, 6) is 0.141. The number of hydrogen-bond acceptors (Lipinski definition) is 2. The molecule has 1 aromatic carbocycles. The third kappa shape index (κ3) is 2.98. The number of benzene rings is 1. The normalized spacial score (nSPS) is 17.9. The molecule has 1 amide bonds. The van der Waals surface area contributed by atoms with Gasteiger partial charge in [0, 0.05) is 13.2 Å². The van der Waals surface area contributed by atoms with E-state index in [4.69, 9.17) is 4.74 Å². The van der Waals surface area contributed by atoms with E-state index in [1.807, 2.05) is 6.92 Å². The van der Waals surface area contributed by atoms with Gasteiger partial charge in [-0.25, -0.2) is 0 Å². The lowest BCUT2D eigenvalue weighted by Crippen LogP contribution is -2.42. The fourth-order valence-electron chi connectivity index (χ4n) is 2.68. The van der Waals surface area contributed by atoms with Crippen LogP contribution in [0.4, 0.5) is 0 Å². The van der Waals surface area contributed by atoms with Gasteiger partial charge in [0.1, 0.15) is 0 Å². The molecule has 0 aromatic heterocycles. The molecule has 0 spiro atoms. The molecule has 0 heterocycles. The topological polar surface area (TPSA) is 38.3 Å². The molecule has 104 valence electrons. The summed E-state index contributed by atoms with van der Waals surface area (Å²) < 4.78 is 5.07. The van der Waals surface area contributed by atoms with E-state index in [2.05, 4.69) is 37.4 Å². The maximum Gasteiger partial charge on any atom is 0.230 e. The van der Waals surface area contributed by atoms with Gasteiger partial charge in [0.05, 0.1) is 12.0 Å². The molecule has 0 bridgehead atoms. The van der Waals surface area contributed by atoms with Gasteiger partial charge in [-0.15, -0.1) is 0 Å². The Labute approximate surface area is 115 Å². The van der Waals surface area contributed by atoms with Gasteiger partial charge >= 0.3 is 0 Å². The third-order valence-corrected chi connectivity index (χ3v) is 3.75. The van der Waals surface area contributed by atoms with Crippen molar-refractivity contribution in [2.45, 2.75) is 45.1 Å². The highest BCUT2D eigenvalue weighted by atomic mass is 16.5. The molecule has 0 saturated heterocycles. The highest BCUT2D eigenvalue weighted by Crippen LogP contribution is 2.48. The summed E-state index contributed by atoms with van der Waals surface area (Å²) >= 11 is 0. The van der Waals surface area contributed by atoms with Crippen molar-refractivity contribution < 1.29 is 9.53 Å². The highest BCUT2D eigenvalue weighted by Gasteiger charge is 2.51. The van der Waals surface area contributed by atoms with E-state index < -0.39 is 0 Å². The number of carbonyl (C=O) groups is 1. The average Bonchev–Trinajstić information content (AvgIpc) is 3.08. The zero-order chi connectivity index (χ0) is 14.0. The van der Waals surface area contributed by atoms with E-state index >= 15 is 0 Å². The molecular formula is C16H23NO2. The van der Waals surface area contributed by atoms with Crippen LogP contribution in [0.25, 0.3) is 0 Å². The molecule has 1 saturated carbocycles. The van der Waals surface area contributed by atoms with Crippen LogP contribution in [-0.2, 0) is 14.9 Å². The lowest BCUT2D eigenvalue weighted by Gasteiger charge is -2.20. The number of amides is 1. The molecule has 0 aliphatic heterocycles. The zero-order valence-electron chi connectivity index (χ0n) is 12.2. The highest BCUT2D eigenvalue weighted by molar-refractivity contribution is 5.91. The van der Waals surface area contributed by atoms with Crippen molar-refractivity contribution in [1.29, 1.82) is 0 Å². The first-order valence-corrected chi connectivity index (χ1v) is 6.86. The van der Waals surface area contributed by atoms with Gasteiger partial charge in [0.2, 0.25) is 5.91 Å². The summed E-state index contributed by atoms with van der Waals surface area (Å²) in [5, 5.41) is 3.06. The molecule has 0 radical (unpaired) electrons. The molecule has 3 heteroatoms. The smallest absolute Gasteiger partial charge is 0.230 e. The number of nitrogens with one attached hydrogen (secondary N) is 1. The van der Waals surface area contributed by atoms with Crippen LogP contribution in [0.3, 0.4) is 0 Å². The summed E-state index contributed by atoms with van der Waals surface area (Å²) in [6.07, 6.45) is 1.89. The van der Waals surface area contributed by atoms with Crippen molar-refractivity contribution in [2.24, 2.45) is 0 Å². The number of aryl methyl sites for hydroxylation is 2. The molecule has 1 atom stereocenters. The van der Waals surface area contributed by atoms with E-state index in [1.54, 1.807) is 7.11 Å². The Balaban J connectivity index is 2.16. The van der Waals surface area contributed by atoms with Gasteiger partial charge in [-0.2, -0.15) is 0 Å². The fraction of sp³-hybridized carbons (Fsp3) is 0.562. The van der Waals surface area contributed by atoms with Crippen LogP contribution in [-0.4, -0.2) is 25.7 Å². The SMILES string of the molecule is COC[C@@H](C)NC(=O)C1(c2cc(C)cc(C)c2)CC1. The predicted octanol–water partition coefficient (Wildman–Crippen LogP) is 2.49. The zero-order valence-corrected chi connectivity index (χ0v) is 12.2. The number of hydrogen-bond donors (Lipinski definition) is 1. The van der Waals surface area contributed by atoms with Crippen LogP contribution >= 0.6 is 0 Å². The van der Waals surface area contributed by atoms with E-state index in [0.29, 0.717) is 6.61 Å². The monoisotopic (exact) mass is 261 g/mol. The number of rotatable bonds is 5. The minimum atomic E-state index is -0.293. The lowest BCUT2D eigenvalue weighted by molar-refractivity contribution is -0.124. The Morgan fingerprint density at radius 3 is 2.37 bits per heavy atom. The first kappa shape index (κ1) is 14.1. The van der Waals surface area contributed by atoms with Crippen molar-refractivity contribution in [2.75, 3.05) is 13.7 Å². The molecule has 0 unspecified atom stereocenters. The van der Waals surface area contributed by atoms with Crippen LogP contribution in [0.15, 0.2) is 18.2 Å². The molecule has 1 aliphatic carbocycles. The Morgan fingerprint density at radius 1 is 1.32 bits per heavy atom. The van der Waals surface area contributed by atoms with Crippen LogP contribution < -0.4 is 5.32 Å². The lowest BCUT2D eigenvalue weighted by atomic mass is 9.92. The fourth-order valence-corrected chi connectivity index (χ4v) is 2.68. The molecule has 1 N–H and O–H groups in total. The largest absolute Gasteiger partial charge is 0.383 e. The maximum atomic E-state index is 12.5. The van der Waals surface area contributed by atoms with Crippen molar-refractivity contribution >= 4 is 5.91 Å². The first-order valence-electron chi connectivity index (χ1n) is 6.86. The maximum absolute atomic E-state index is 12.5. The number of carbonyl (C=O) groups excluding carboxylic acids is 1. The average molecular weight is 261 g/mol. The van der Waals surface area contributed by atoms with Crippen molar-refractivity contribution in [3.8, 4) is 0 Å². The molecule has 1 aromatic rings. The summed E-state index contributed by atoms with van der Waals surface area (Å²) in [7, 11) is 1.65. The van der Waals surface area contributed by atoms with Crippen molar-refractivity contribution in [1.82, 2.24) is 5.32 Å². The predicted molar refractivity (Wildman–Crippen MR) is 76.3 cm³/mol. The van der Waals surface area contributed by atoms with E-state index in [-0.39, 0.29) is 17.4 Å². The molecule has 1 aliphatic rings. The van der Waals surface area contributed by atoms with Crippen LogP contribution in [0.5, 0.6) is 0 Å². The quantitative estimate of drug-likeness (QED) is 0.884. The van der Waals surface area contributed by atoms with Crippen LogP contribution in [0.1, 0.15) is 36.5 Å². The second-order valence-electron chi connectivity index (χ2n) is 5.79. The van der Waals surface area contributed by atoms with Gasteiger partial charge in [0.25, 0.3) is 0 Å². The van der Waals surface area contributed by atoms with E-state index in [0.717, 1.165) is 18.4 Å². The van der Waals surface area contributed by atoms with E-state index in [1.165, 1.54) is 11.1 Å². The van der Waals surface area contributed by atoms with Gasteiger partial charge in [-0.1, -0.05) is 29.3 Å². The Morgan fingerprint density at radius 2 is 1.89 bits per heavy atom.